The second-order valence-electron chi connectivity index (χ2n) is 4.32. The molecule has 0 aliphatic carbocycles. The maximum absolute atomic E-state index is 13.2. The van der Waals surface area contributed by atoms with Crippen LogP contribution in [-0.2, 0) is 0 Å². The summed E-state index contributed by atoms with van der Waals surface area (Å²) in [4.78, 5) is 11.7. The first kappa shape index (κ1) is 13.7. The molecule has 0 spiro atoms. The van der Waals surface area contributed by atoms with Gasteiger partial charge in [-0.05, 0) is 24.6 Å². The lowest BCUT2D eigenvalue weighted by Crippen LogP contribution is -2.01. The van der Waals surface area contributed by atoms with Crippen molar-refractivity contribution in [2.75, 3.05) is 5.73 Å². The number of hydrogen-bond donors (Lipinski definition) is 1. The first-order chi connectivity index (χ1) is 8.15. The summed E-state index contributed by atoms with van der Waals surface area (Å²) in [6.45, 7) is 2.16. The number of benzene rings is 1. The van der Waals surface area contributed by atoms with E-state index in [0.29, 0.717) is 12.0 Å². The molecule has 0 aromatic heterocycles. The number of rotatable bonds is 7. The highest BCUT2D eigenvalue weighted by Gasteiger charge is 2.08. The molecular weight excluding hydrogens is 217 g/mol. The van der Waals surface area contributed by atoms with Crippen molar-refractivity contribution >= 4 is 11.5 Å². The molecule has 0 amide bonds. The van der Waals surface area contributed by atoms with Crippen LogP contribution in [-0.4, -0.2) is 5.78 Å². The summed E-state index contributed by atoms with van der Waals surface area (Å²) in [6.07, 6.45) is 6.01. The fourth-order valence-electron chi connectivity index (χ4n) is 1.73. The van der Waals surface area contributed by atoms with Gasteiger partial charge < -0.3 is 5.73 Å². The molecule has 0 aliphatic heterocycles. The fourth-order valence-corrected chi connectivity index (χ4v) is 1.73. The van der Waals surface area contributed by atoms with Gasteiger partial charge in [0.1, 0.15) is 5.82 Å². The molecule has 0 atom stereocenters. The number of anilines is 1. The minimum atomic E-state index is -0.512. The van der Waals surface area contributed by atoms with Gasteiger partial charge >= 0.3 is 0 Å². The number of ketones is 1. The van der Waals surface area contributed by atoms with E-state index in [1.54, 1.807) is 6.07 Å². The molecule has 0 bridgehead atoms. The molecule has 1 aromatic carbocycles. The first-order valence-corrected chi connectivity index (χ1v) is 6.23. The number of carbonyl (C=O) groups is 1. The van der Waals surface area contributed by atoms with Gasteiger partial charge in [-0.25, -0.2) is 4.39 Å². The summed E-state index contributed by atoms with van der Waals surface area (Å²) >= 11 is 0. The quantitative estimate of drug-likeness (QED) is 0.443. The highest BCUT2D eigenvalue weighted by Crippen LogP contribution is 2.15. The molecule has 0 fully saturated rings. The largest absolute Gasteiger partial charge is 0.396 e. The Bertz CT molecular complexity index is 376. The third kappa shape index (κ3) is 4.55. The van der Waals surface area contributed by atoms with Gasteiger partial charge in [0.2, 0.25) is 0 Å². The summed E-state index contributed by atoms with van der Waals surface area (Å²) in [5, 5.41) is 0. The number of carbonyl (C=O) groups excluding carboxylic acids is 1. The number of unbranched alkanes of at least 4 members (excludes halogenated alkanes) is 4. The molecule has 0 saturated carbocycles. The molecular formula is C14H20FNO. The van der Waals surface area contributed by atoms with E-state index >= 15 is 0 Å². The van der Waals surface area contributed by atoms with E-state index in [1.165, 1.54) is 31.4 Å². The van der Waals surface area contributed by atoms with Gasteiger partial charge in [-0.1, -0.05) is 32.6 Å². The summed E-state index contributed by atoms with van der Waals surface area (Å²) < 4.78 is 13.2. The first-order valence-electron chi connectivity index (χ1n) is 6.23. The zero-order valence-corrected chi connectivity index (χ0v) is 10.3. The molecule has 17 heavy (non-hydrogen) atoms. The number of Topliss-reactive ketones (excluding diaryl/α,β-unsaturated/α-hetero) is 1. The van der Waals surface area contributed by atoms with E-state index in [1.807, 2.05) is 0 Å². The van der Waals surface area contributed by atoms with Gasteiger partial charge in [-0.2, -0.15) is 0 Å². The third-order valence-electron chi connectivity index (χ3n) is 2.83. The lowest BCUT2D eigenvalue weighted by Gasteiger charge is -2.03. The predicted octanol–water partition coefficient (Wildman–Crippen LogP) is 3.95. The van der Waals surface area contributed by atoms with E-state index in [0.717, 1.165) is 12.8 Å². The Balaban J connectivity index is 2.39. The molecule has 94 valence electrons. The van der Waals surface area contributed by atoms with Gasteiger partial charge in [0.15, 0.2) is 5.78 Å². The minimum absolute atomic E-state index is 0.000369. The Morgan fingerprint density at radius 2 is 1.94 bits per heavy atom. The molecule has 0 radical (unpaired) electrons. The van der Waals surface area contributed by atoms with Crippen LogP contribution in [0, 0.1) is 5.82 Å². The maximum Gasteiger partial charge on any atom is 0.162 e. The third-order valence-corrected chi connectivity index (χ3v) is 2.83. The molecule has 1 aromatic rings. The van der Waals surface area contributed by atoms with E-state index in [4.69, 9.17) is 5.73 Å². The van der Waals surface area contributed by atoms with Crippen LogP contribution in [0.4, 0.5) is 10.1 Å². The zero-order chi connectivity index (χ0) is 12.7. The van der Waals surface area contributed by atoms with Crippen molar-refractivity contribution in [3.05, 3.63) is 29.6 Å². The topological polar surface area (TPSA) is 43.1 Å². The summed E-state index contributed by atoms with van der Waals surface area (Å²) in [6, 6.07) is 4.26. The lowest BCUT2D eigenvalue weighted by molar-refractivity contribution is 0.0978. The number of halogens is 1. The molecule has 2 nitrogen and oxygen atoms in total. The van der Waals surface area contributed by atoms with Gasteiger partial charge in [0, 0.05) is 12.0 Å². The van der Waals surface area contributed by atoms with Crippen LogP contribution < -0.4 is 5.73 Å². The Kier molecular flexibility index (Phi) is 5.67. The summed E-state index contributed by atoms with van der Waals surface area (Å²) in [7, 11) is 0. The van der Waals surface area contributed by atoms with Gasteiger partial charge in [-0.3, -0.25) is 4.79 Å². The number of nitrogens with two attached hydrogens (primary N) is 1. The van der Waals surface area contributed by atoms with Crippen molar-refractivity contribution in [2.45, 2.75) is 45.4 Å². The normalized spacial score (nSPS) is 10.5. The van der Waals surface area contributed by atoms with Crippen LogP contribution in [0.15, 0.2) is 18.2 Å². The van der Waals surface area contributed by atoms with Crippen LogP contribution in [0.1, 0.15) is 55.8 Å². The van der Waals surface area contributed by atoms with E-state index in [-0.39, 0.29) is 11.5 Å². The van der Waals surface area contributed by atoms with E-state index < -0.39 is 5.82 Å². The molecule has 0 aliphatic rings. The Labute approximate surface area is 102 Å². The van der Waals surface area contributed by atoms with Crippen molar-refractivity contribution in [1.82, 2.24) is 0 Å². The van der Waals surface area contributed by atoms with Crippen LogP contribution in [0.25, 0.3) is 0 Å². The second kappa shape index (κ2) is 7.05. The Morgan fingerprint density at radius 3 is 2.59 bits per heavy atom. The van der Waals surface area contributed by atoms with Crippen molar-refractivity contribution in [3.63, 3.8) is 0 Å². The fraction of sp³-hybridized carbons (Fsp3) is 0.500. The number of nitrogen functional groups attached to an aromatic ring is 1. The second-order valence-corrected chi connectivity index (χ2v) is 4.32. The average molecular weight is 237 g/mol. The van der Waals surface area contributed by atoms with E-state index in [2.05, 4.69) is 6.92 Å². The standard InChI is InChI=1S/C14H20FNO/c1-2-3-4-5-6-7-14(17)11-8-9-13(16)12(15)10-11/h8-10H,2-7,16H2,1H3. The van der Waals surface area contributed by atoms with Crippen molar-refractivity contribution in [3.8, 4) is 0 Å². The van der Waals surface area contributed by atoms with Crippen LogP contribution in [0.2, 0.25) is 0 Å². The van der Waals surface area contributed by atoms with Crippen LogP contribution >= 0.6 is 0 Å². The van der Waals surface area contributed by atoms with Gasteiger partial charge in [0.05, 0.1) is 5.69 Å². The highest BCUT2D eigenvalue weighted by molar-refractivity contribution is 5.96. The van der Waals surface area contributed by atoms with Gasteiger partial charge in [0.25, 0.3) is 0 Å². The lowest BCUT2D eigenvalue weighted by atomic mass is 10.0. The molecule has 1 rings (SSSR count). The average Bonchev–Trinajstić information content (AvgIpc) is 2.32. The maximum atomic E-state index is 13.2. The molecule has 0 saturated heterocycles. The van der Waals surface area contributed by atoms with Crippen LogP contribution in [0.5, 0.6) is 0 Å². The monoisotopic (exact) mass is 237 g/mol. The smallest absolute Gasteiger partial charge is 0.162 e. The van der Waals surface area contributed by atoms with Crippen molar-refractivity contribution in [2.24, 2.45) is 0 Å². The predicted molar refractivity (Wildman–Crippen MR) is 68.5 cm³/mol. The molecule has 2 N–H and O–H groups in total. The van der Waals surface area contributed by atoms with E-state index in [9.17, 15) is 9.18 Å². The zero-order valence-electron chi connectivity index (χ0n) is 10.3. The van der Waals surface area contributed by atoms with Crippen molar-refractivity contribution < 1.29 is 9.18 Å². The molecule has 0 unspecified atom stereocenters. The van der Waals surface area contributed by atoms with Crippen LogP contribution in [0.3, 0.4) is 0 Å². The summed E-state index contributed by atoms with van der Waals surface area (Å²) in [5.41, 5.74) is 5.87. The minimum Gasteiger partial charge on any atom is -0.396 e. The Morgan fingerprint density at radius 1 is 1.24 bits per heavy atom. The molecule has 0 heterocycles. The summed E-state index contributed by atoms with van der Waals surface area (Å²) in [5.74, 6) is -0.512. The SMILES string of the molecule is CCCCCCCC(=O)c1ccc(N)c(F)c1. The van der Waals surface area contributed by atoms with Crippen molar-refractivity contribution in [1.29, 1.82) is 0 Å². The highest BCUT2D eigenvalue weighted by atomic mass is 19.1. The number of hydrogen-bond acceptors (Lipinski definition) is 2. The Hall–Kier alpha value is -1.38. The van der Waals surface area contributed by atoms with Gasteiger partial charge in [-0.15, -0.1) is 0 Å². The molecule has 3 heteroatoms.